The van der Waals surface area contributed by atoms with E-state index in [4.69, 9.17) is 16.2 Å². The SMILES string of the molecule is CCCN(CCCNC(=O)OC1CCC1)C(=O)C1=Cc2ccc(-c3cnc(CN)nc3)cc2N=C(N)C1. The third kappa shape index (κ3) is 6.91. The number of nitrogens with one attached hydrogen (secondary N) is 1. The number of amides is 2. The number of ether oxygens (including phenoxy) is 1. The van der Waals surface area contributed by atoms with Crippen molar-refractivity contribution in [2.75, 3.05) is 19.6 Å². The topological polar surface area (TPSA) is 149 Å². The minimum Gasteiger partial charge on any atom is -0.446 e. The van der Waals surface area contributed by atoms with E-state index in [0.29, 0.717) is 49.0 Å². The van der Waals surface area contributed by atoms with Crippen molar-refractivity contribution in [3.8, 4) is 11.1 Å². The first kappa shape index (κ1) is 26.3. The van der Waals surface area contributed by atoms with Crippen LogP contribution in [0, 0.1) is 0 Å². The zero-order valence-electron chi connectivity index (χ0n) is 21.3. The van der Waals surface area contributed by atoms with Crippen LogP contribution < -0.4 is 16.8 Å². The zero-order valence-corrected chi connectivity index (χ0v) is 21.3. The molecule has 1 saturated carbocycles. The van der Waals surface area contributed by atoms with E-state index in [1.807, 2.05) is 36.1 Å². The van der Waals surface area contributed by atoms with Gasteiger partial charge in [0.25, 0.3) is 0 Å². The maximum Gasteiger partial charge on any atom is 0.407 e. The van der Waals surface area contributed by atoms with Crippen LogP contribution in [0.25, 0.3) is 17.2 Å². The van der Waals surface area contributed by atoms with Crippen LogP contribution in [-0.2, 0) is 16.1 Å². The number of aliphatic imine (C=N–C) groups is 1. The average molecular weight is 506 g/mol. The molecule has 1 fully saturated rings. The van der Waals surface area contributed by atoms with Crippen LogP contribution in [0.4, 0.5) is 10.5 Å². The van der Waals surface area contributed by atoms with Gasteiger partial charge >= 0.3 is 6.09 Å². The first-order valence-corrected chi connectivity index (χ1v) is 12.9. The van der Waals surface area contributed by atoms with E-state index in [2.05, 4.69) is 20.3 Å². The molecule has 0 saturated heterocycles. The molecule has 10 heteroatoms. The molecule has 2 heterocycles. The minimum atomic E-state index is -0.383. The lowest BCUT2D eigenvalue weighted by Crippen LogP contribution is -2.37. The van der Waals surface area contributed by atoms with E-state index in [0.717, 1.165) is 42.4 Å². The van der Waals surface area contributed by atoms with Gasteiger partial charge in [-0.1, -0.05) is 19.1 Å². The number of amidine groups is 1. The molecule has 196 valence electrons. The van der Waals surface area contributed by atoms with Crippen molar-refractivity contribution in [2.45, 2.75) is 58.1 Å². The van der Waals surface area contributed by atoms with Crippen LogP contribution in [-0.4, -0.2) is 58.4 Å². The van der Waals surface area contributed by atoms with Gasteiger partial charge in [0.2, 0.25) is 5.91 Å². The molecule has 1 aromatic heterocycles. The third-order valence-electron chi connectivity index (χ3n) is 6.47. The third-order valence-corrected chi connectivity index (χ3v) is 6.47. The first-order chi connectivity index (χ1) is 18.0. The van der Waals surface area contributed by atoms with E-state index in [9.17, 15) is 9.59 Å². The molecule has 0 bridgehead atoms. The van der Waals surface area contributed by atoms with Gasteiger partial charge in [-0.15, -0.1) is 0 Å². The highest BCUT2D eigenvalue weighted by atomic mass is 16.6. The Labute approximate surface area is 217 Å². The van der Waals surface area contributed by atoms with Crippen LogP contribution in [0.5, 0.6) is 0 Å². The molecular weight excluding hydrogens is 470 g/mol. The second kappa shape index (κ2) is 12.4. The maximum atomic E-state index is 13.5. The highest BCUT2D eigenvalue weighted by Gasteiger charge is 2.23. The van der Waals surface area contributed by atoms with E-state index < -0.39 is 0 Å². The molecule has 4 rings (SSSR count). The number of fused-ring (bicyclic) bond motifs is 1. The number of aromatic nitrogens is 2. The van der Waals surface area contributed by atoms with Crippen molar-refractivity contribution in [3.63, 3.8) is 0 Å². The highest BCUT2D eigenvalue weighted by Crippen LogP contribution is 2.31. The molecule has 37 heavy (non-hydrogen) atoms. The monoisotopic (exact) mass is 505 g/mol. The molecule has 1 aliphatic heterocycles. The molecule has 1 aromatic carbocycles. The number of carbonyl (C=O) groups is 2. The predicted octanol–water partition coefficient (Wildman–Crippen LogP) is 3.29. The molecule has 2 amide bonds. The summed E-state index contributed by atoms with van der Waals surface area (Å²) < 4.78 is 5.31. The molecule has 0 spiro atoms. The number of rotatable bonds is 10. The summed E-state index contributed by atoms with van der Waals surface area (Å²) in [6, 6.07) is 5.80. The minimum absolute atomic E-state index is 0.0523. The number of carbonyl (C=O) groups excluding carboxylic acids is 2. The van der Waals surface area contributed by atoms with Gasteiger partial charge in [0.15, 0.2) is 0 Å². The quantitative estimate of drug-likeness (QED) is 0.420. The lowest BCUT2D eigenvalue weighted by atomic mass is 9.96. The maximum absolute atomic E-state index is 13.5. The highest BCUT2D eigenvalue weighted by molar-refractivity contribution is 6.05. The Bertz CT molecular complexity index is 1170. The van der Waals surface area contributed by atoms with Crippen LogP contribution in [0.2, 0.25) is 0 Å². The number of nitrogens with zero attached hydrogens (tertiary/aromatic N) is 4. The van der Waals surface area contributed by atoms with Gasteiger partial charge in [-0.2, -0.15) is 0 Å². The fourth-order valence-corrected chi connectivity index (χ4v) is 4.25. The Hall–Kier alpha value is -3.79. The normalized spacial score (nSPS) is 15.0. The fourth-order valence-electron chi connectivity index (χ4n) is 4.25. The largest absolute Gasteiger partial charge is 0.446 e. The van der Waals surface area contributed by atoms with Gasteiger partial charge < -0.3 is 26.4 Å². The fraction of sp³-hybridized carbons (Fsp3) is 0.444. The molecular formula is C27H35N7O3. The van der Waals surface area contributed by atoms with Gasteiger partial charge in [0.1, 0.15) is 17.8 Å². The lowest BCUT2D eigenvalue weighted by Gasteiger charge is -2.25. The Kier molecular flexibility index (Phi) is 8.84. The second-order valence-corrected chi connectivity index (χ2v) is 9.35. The van der Waals surface area contributed by atoms with Crippen molar-refractivity contribution >= 4 is 29.6 Å². The van der Waals surface area contributed by atoms with Crippen LogP contribution >= 0.6 is 0 Å². The van der Waals surface area contributed by atoms with Crippen LogP contribution in [0.15, 0.2) is 41.2 Å². The molecule has 2 aromatic rings. The predicted molar refractivity (Wildman–Crippen MR) is 143 cm³/mol. The number of alkyl carbamates (subject to hydrolysis) is 1. The van der Waals surface area contributed by atoms with Crippen molar-refractivity contribution in [1.82, 2.24) is 20.2 Å². The summed E-state index contributed by atoms with van der Waals surface area (Å²) in [6.45, 7) is 3.90. The van der Waals surface area contributed by atoms with Crippen molar-refractivity contribution in [2.24, 2.45) is 16.5 Å². The molecule has 2 aliphatic rings. The van der Waals surface area contributed by atoms with Gasteiger partial charge in [-0.25, -0.2) is 19.8 Å². The van der Waals surface area contributed by atoms with E-state index >= 15 is 0 Å². The Morgan fingerprint density at radius 3 is 2.62 bits per heavy atom. The average Bonchev–Trinajstić information content (AvgIpc) is 3.05. The van der Waals surface area contributed by atoms with E-state index in [1.54, 1.807) is 12.4 Å². The van der Waals surface area contributed by atoms with E-state index in [1.165, 1.54) is 0 Å². The van der Waals surface area contributed by atoms with Crippen LogP contribution in [0.1, 0.15) is 56.8 Å². The summed E-state index contributed by atoms with van der Waals surface area (Å²) in [5, 5.41) is 2.78. The first-order valence-electron chi connectivity index (χ1n) is 12.9. The van der Waals surface area contributed by atoms with Gasteiger partial charge in [-0.3, -0.25) is 4.79 Å². The number of hydrogen-bond acceptors (Lipinski definition) is 8. The standard InChI is InChI=1S/C27H35N7O3/c1-2-10-34(11-4-9-30-27(36)37-22-5-3-6-22)26(35)20-12-19-8-7-18(13-23(19)33-24(29)14-20)21-16-31-25(15-28)32-17-21/h7-8,12-13,16-17,22H,2-6,9-11,14-15,28H2,1H3,(H2,29,33)(H,30,36). The van der Waals surface area contributed by atoms with Crippen molar-refractivity contribution < 1.29 is 14.3 Å². The van der Waals surface area contributed by atoms with Crippen molar-refractivity contribution in [1.29, 1.82) is 0 Å². The molecule has 5 N–H and O–H groups in total. The number of hydrogen-bond donors (Lipinski definition) is 3. The lowest BCUT2D eigenvalue weighted by molar-refractivity contribution is -0.127. The smallest absolute Gasteiger partial charge is 0.407 e. The van der Waals surface area contributed by atoms with Gasteiger partial charge in [-0.05, 0) is 49.8 Å². The van der Waals surface area contributed by atoms with Crippen LogP contribution in [0.3, 0.4) is 0 Å². The Balaban J connectivity index is 1.43. The summed E-state index contributed by atoms with van der Waals surface area (Å²) in [5.41, 5.74) is 15.7. The van der Waals surface area contributed by atoms with Gasteiger partial charge in [0.05, 0.1) is 12.2 Å². The molecule has 0 atom stereocenters. The number of nitrogens with two attached hydrogens (primary N) is 2. The summed E-state index contributed by atoms with van der Waals surface area (Å²) in [6.07, 6.45) is 9.72. The number of benzene rings is 1. The Morgan fingerprint density at radius 1 is 1.16 bits per heavy atom. The molecule has 1 aliphatic carbocycles. The van der Waals surface area contributed by atoms with E-state index in [-0.39, 0.29) is 31.1 Å². The summed E-state index contributed by atoms with van der Waals surface area (Å²) in [4.78, 5) is 40.3. The summed E-state index contributed by atoms with van der Waals surface area (Å²) in [5.74, 6) is 0.884. The second-order valence-electron chi connectivity index (χ2n) is 9.35. The zero-order chi connectivity index (χ0) is 26.2. The molecule has 10 nitrogen and oxygen atoms in total. The molecule has 0 radical (unpaired) electrons. The van der Waals surface area contributed by atoms with Gasteiger partial charge in [0, 0.05) is 55.1 Å². The molecule has 0 unspecified atom stereocenters. The summed E-state index contributed by atoms with van der Waals surface area (Å²) >= 11 is 0. The van der Waals surface area contributed by atoms with Crippen molar-refractivity contribution in [3.05, 3.63) is 47.6 Å². The Morgan fingerprint density at radius 2 is 1.95 bits per heavy atom. The summed E-state index contributed by atoms with van der Waals surface area (Å²) in [7, 11) is 0.